The van der Waals surface area contributed by atoms with Gasteiger partial charge in [0.2, 0.25) is 5.95 Å². The van der Waals surface area contributed by atoms with E-state index >= 15 is 0 Å². The second-order valence-electron chi connectivity index (χ2n) is 10.2. The van der Waals surface area contributed by atoms with Crippen LogP contribution in [0.2, 0.25) is 0 Å². The van der Waals surface area contributed by atoms with E-state index in [4.69, 9.17) is 24.3 Å². The molecule has 42 heavy (non-hydrogen) atoms. The van der Waals surface area contributed by atoms with Gasteiger partial charge >= 0.3 is 19.7 Å². The minimum absolute atomic E-state index is 0.0697. The highest BCUT2D eigenvalue weighted by atomic mass is 31.2. The molecule has 1 saturated carbocycles. The van der Waals surface area contributed by atoms with Crippen molar-refractivity contribution < 1.29 is 32.7 Å². The summed E-state index contributed by atoms with van der Waals surface area (Å²) in [5.74, 6) is -0.923. The molecule has 3 aromatic rings. The van der Waals surface area contributed by atoms with E-state index in [1.807, 2.05) is 6.92 Å². The van der Waals surface area contributed by atoms with E-state index in [0.717, 1.165) is 12.0 Å². The van der Waals surface area contributed by atoms with E-state index in [-0.39, 0.29) is 42.2 Å². The lowest BCUT2D eigenvalue weighted by Crippen LogP contribution is -2.37. The monoisotopic (exact) mass is 602 g/mol. The van der Waals surface area contributed by atoms with Gasteiger partial charge in [-0.15, -0.1) is 0 Å². The number of rotatable bonds is 14. The summed E-state index contributed by atoms with van der Waals surface area (Å²) in [6.45, 7) is 6.28. The number of nitrogens with zero attached hydrogens (tertiary/aromatic N) is 3. The molecule has 226 valence electrons. The molecular weight excluding hydrogens is 567 g/mol. The predicted octanol–water partition coefficient (Wildman–Crippen LogP) is 3.41. The molecular formula is C27H35N6O8P. The lowest BCUT2D eigenvalue weighted by molar-refractivity contribution is -0.150. The number of ether oxygens (including phenoxy) is 2. The molecule has 0 bridgehead atoms. The highest BCUT2D eigenvalue weighted by Gasteiger charge is 2.52. The Morgan fingerprint density at radius 3 is 2.69 bits per heavy atom. The van der Waals surface area contributed by atoms with Crippen molar-refractivity contribution in [2.24, 2.45) is 5.41 Å². The molecule has 14 nitrogen and oxygen atoms in total. The number of aromatic amines is 1. The normalized spacial score (nSPS) is 20.0. The molecule has 4 rings (SSSR count). The van der Waals surface area contributed by atoms with Crippen LogP contribution in [-0.4, -0.2) is 56.8 Å². The summed E-state index contributed by atoms with van der Waals surface area (Å²) in [5.41, 5.74) is 5.43. The summed E-state index contributed by atoms with van der Waals surface area (Å²) in [5, 5.41) is 2.68. The largest absolute Gasteiger partial charge is 0.465 e. The zero-order valence-electron chi connectivity index (χ0n) is 23.9. The SMILES string of the molecule is CCCC(C)OC(=O)C(C)N[P@](=O)(OC[C@]1(COC(C)=O)C/C1=C/n1cnc2c(=O)[nH]c(N)nc21)Oc1ccccc1. The van der Waals surface area contributed by atoms with E-state index in [2.05, 4.69) is 20.0 Å². The first-order chi connectivity index (χ1) is 19.9. The van der Waals surface area contributed by atoms with Gasteiger partial charge in [-0.05, 0) is 44.4 Å². The first kappa shape index (κ1) is 30.9. The van der Waals surface area contributed by atoms with Gasteiger partial charge < -0.3 is 19.7 Å². The number of carbonyl (C=O) groups is 2. The van der Waals surface area contributed by atoms with Crippen molar-refractivity contribution in [1.82, 2.24) is 24.6 Å². The lowest BCUT2D eigenvalue weighted by atomic mass is 10.1. The highest BCUT2D eigenvalue weighted by Crippen LogP contribution is 2.56. The van der Waals surface area contributed by atoms with Crippen LogP contribution >= 0.6 is 7.75 Å². The van der Waals surface area contributed by atoms with Gasteiger partial charge in [0.1, 0.15) is 24.7 Å². The average molecular weight is 603 g/mol. The fourth-order valence-electron chi connectivity index (χ4n) is 4.25. The summed E-state index contributed by atoms with van der Waals surface area (Å²) in [7, 11) is -4.18. The molecule has 0 aliphatic heterocycles. The first-order valence-corrected chi connectivity index (χ1v) is 15.0. The Morgan fingerprint density at radius 2 is 2.00 bits per heavy atom. The second kappa shape index (κ2) is 12.9. The maximum absolute atomic E-state index is 14.0. The van der Waals surface area contributed by atoms with E-state index < -0.39 is 36.7 Å². The van der Waals surface area contributed by atoms with Crippen LogP contribution in [0.25, 0.3) is 17.4 Å². The number of esters is 2. The van der Waals surface area contributed by atoms with E-state index in [0.29, 0.717) is 12.8 Å². The Bertz CT molecular complexity index is 1570. The molecule has 2 heterocycles. The van der Waals surface area contributed by atoms with E-state index in [9.17, 15) is 18.9 Å². The molecule has 0 amide bonds. The van der Waals surface area contributed by atoms with Gasteiger partial charge in [0.25, 0.3) is 5.56 Å². The van der Waals surface area contributed by atoms with Crippen LogP contribution < -0.4 is 20.9 Å². The summed E-state index contributed by atoms with van der Waals surface area (Å²) in [6.07, 6.45) is 4.70. The number of anilines is 1. The lowest BCUT2D eigenvalue weighted by Gasteiger charge is -2.25. The van der Waals surface area contributed by atoms with E-state index in [1.54, 1.807) is 43.5 Å². The molecule has 1 aliphatic rings. The number of imidazole rings is 1. The Morgan fingerprint density at radius 1 is 1.26 bits per heavy atom. The van der Waals surface area contributed by atoms with Gasteiger partial charge in [-0.3, -0.25) is 28.5 Å². The fraction of sp³-hybridized carbons (Fsp3) is 0.444. The summed E-state index contributed by atoms with van der Waals surface area (Å²) >= 11 is 0. The number of fused-ring (bicyclic) bond motifs is 1. The molecule has 4 N–H and O–H groups in total. The number of nitrogens with two attached hydrogens (primary N) is 1. The third kappa shape index (κ3) is 7.64. The Kier molecular flexibility index (Phi) is 9.50. The summed E-state index contributed by atoms with van der Waals surface area (Å²) in [4.78, 5) is 47.2. The highest BCUT2D eigenvalue weighted by molar-refractivity contribution is 7.52. The third-order valence-electron chi connectivity index (χ3n) is 6.58. The molecule has 15 heteroatoms. The molecule has 0 spiro atoms. The molecule has 2 aromatic heterocycles. The van der Waals surface area contributed by atoms with Crippen molar-refractivity contribution in [3.05, 3.63) is 52.6 Å². The molecule has 0 radical (unpaired) electrons. The number of nitrogen functional groups attached to an aromatic ring is 1. The minimum atomic E-state index is -4.18. The van der Waals surface area contributed by atoms with Crippen molar-refractivity contribution >= 4 is 43.0 Å². The van der Waals surface area contributed by atoms with Crippen LogP contribution in [0.4, 0.5) is 5.95 Å². The van der Waals surface area contributed by atoms with Crippen LogP contribution in [-0.2, 0) is 28.2 Å². The van der Waals surface area contributed by atoms with Crippen molar-refractivity contribution in [2.45, 2.75) is 59.1 Å². The molecule has 1 aliphatic carbocycles. The number of H-pyrrole nitrogens is 1. The van der Waals surface area contributed by atoms with Gasteiger partial charge in [-0.2, -0.15) is 10.1 Å². The van der Waals surface area contributed by atoms with Crippen molar-refractivity contribution in [3.63, 3.8) is 0 Å². The number of benzene rings is 1. The number of aromatic nitrogens is 4. The fourth-order valence-corrected chi connectivity index (χ4v) is 5.83. The molecule has 4 atom stereocenters. The number of para-hydroxylation sites is 1. The van der Waals surface area contributed by atoms with Crippen LogP contribution in [0.15, 0.2) is 47.0 Å². The van der Waals surface area contributed by atoms with Crippen LogP contribution in [0, 0.1) is 5.41 Å². The van der Waals surface area contributed by atoms with Gasteiger partial charge in [0.15, 0.2) is 11.2 Å². The van der Waals surface area contributed by atoms with Crippen molar-refractivity contribution in [2.75, 3.05) is 18.9 Å². The zero-order valence-corrected chi connectivity index (χ0v) is 24.8. The number of hydrogen-bond acceptors (Lipinski definition) is 11. The smallest absolute Gasteiger partial charge is 0.459 e. The van der Waals surface area contributed by atoms with E-state index in [1.165, 1.54) is 24.7 Å². The number of hydrogen-bond donors (Lipinski definition) is 3. The van der Waals surface area contributed by atoms with Crippen molar-refractivity contribution in [3.8, 4) is 5.75 Å². The van der Waals surface area contributed by atoms with Gasteiger partial charge in [-0.25, -0.2) is 9.55 Å². The first-order valence-electron chi connectivity index (χ1n) is 13.5. The topological polar surface area (TPSA) is 190 Å². The Balaban J connectivity index is 1.58. The summed E-state index contributed by atoms with van der Waals surface area (Å²) in [6, 6.07) is 7.36. The zero-order chi connectivity index (χ0) is 30.5. The second-order valence-corrected chi connectivity index (χ2v) is 11.9. The number of carbonyl (C=O) groups excluding carboxylic acids is 2. The molecule has 0 saturated heterocycles. The predicted molar refractivity (Wildman–Crippen MR) is 154 cm³/mol. The summed E-state index contributed by atoms with van der Waals surface area (Å²) < 4.78 is 38.0. The quantitative estimate of drug-likeness (QED) is 0.180. The molecule has 1 aromatic carbocycles. The molecule has 1 fully saturated rings. The van der Waals surface area contributed by atoms with Gasteiger partial charge in [0, 0.05) is 13.1 Å². The van der Waals surface area contributed by atoms with Crippen LogP contribution in [0.1, 0.15) is 47.0 Å². The third-order valence-corrected chi connectivity index (χ3v) is 8.20. The minimum Gasteiger partial charge on any atom is -0.465 e. The Labute approximate surface area is 242 Å². The number of nitrogens with one attached hydrogen (secondary N) is 2. The maximum Gasteiger partial charge on any atom is 0.459 e. The van der Waals surface area contributed by atoms with Gasteiger partial charge in [-0.1, -0.05) is 31.5 Å². The van der Waals surface area contributed by atoms with Crippen molar-refractivity contribution in [1.29, 1.82) is 0 Å². The van der Waals surface area contributed by atoms with Crippen LogP contribution in [0.5, 0.6) is 5.75 Å². The average Bonchev–Trinajstić information content (AvgIpc) is 3.46. The van der Waals surface area contributed by atoms with Crippen LogP contribution in [0.3, 0.4) is 0 Å². The molecule has 2 unspecified atom stereocenters. The standard InChI is InChI=1S/C27H35N6O8P/c1-5-9-17(2)40-25(36)18(3)32-42(37,41-21-10-7-6-8-11-21)39-15-27(14-38-19(4)34)12-20(27)13-33-16-29-22-23(33)30-26(28)31-24(22)35/h6-8,10-11,13,16-18H,5,9,12,14-15H2,1-4H3,(H,32,37)(H3,28,30,31,35)/b20-13-/t17?,18?,27-,42+/m1/s1. The van der Waals surface area contributed by atoms with Gasteiger partial charge in [0.05, 0.1) is 18.1 Å². The maximum atomic E-state index is 14.0. The Hall–Kier alpha value is -4.00.